The summed E-state index contributed by atoms with van der Waals surface area (Å²) in [6, 6.07) is 15.1. The highest BCUT2D eigenvalue weighted by Gasteiger charge is 2.37. The van der Waals surface area contributed by atoms with E-state index in [0.717, 1.165) is 35.1 Å². The first-order chi connectivity index (χ1) is 12.2. The Morgan fingerprint density at radius 2 is 2.00 bits per heavy atom. The van der Waals surface area contributed by atoms with E-state index >= 15 is 0 Å². The summed E-state index contributed by atoms with van der Waals surface area (Å²) in [6.07, 6.45) is 5.14. The smallest absolute Gasteiger partial charge is 0.320 e. The quantitative estimate of drug-likeness (QED) is 0.794. The lowest BCUT2D eigenvalue weighted by atomic mass is 10.00. The number of carbonyl (C=O) groups is 1. The van der Waals surface area contributed by atoms with E-state index in [1.54, 1.807) is 6.20 Å². The maximum atomic E-state index is 11.7. The minimum atomic E-state index is -0.771. The molecule has 4 rings (SSSR count). The number of hydrogen-bond acceptors (Lipinski definition) is 4. The Kier molecular flexibility index (Phi) is 4.15. The predicted molar refractivity (Wildman–Crippen MR) is 95.2 cm³/mol. The molecule has 126 valence electrons. The predicted octanol–water partition coefficient (Wildman–Crippen LogP) is 3.27. The first kappa shape index (κ1) is 15.7. The van der Waals surface area contributed by atoms with E-state index in [9.17, 15) is 9.90 Å². The molecule has 2 aromatic heterocycles. The number of fused-ring (bicyclic) bond motifs is 1. The Labute approximate surface area is 146 Å². The fourth-order valence-electron chi connectivity index (χ4n) is 3.67. The van der Waals surface area contributed by atoms with Crippen LogP contribution >= 0.6 is 0 Å². The molecular weight excluding hydrogens is 314 g/mol. The van der Waals surface area contributed by atoms with Crippen LogP contribution < -0.4 is 0 Å². The normalized spacial score (nSPS) is 19.1. The van der Waals surface area contributed by atoms with Gasteiger partial charge in [-0.25, -0.2) is 0 Å². The Bertz CT molecular complexity index is 898. The highest BCUT2D eigenvalue weighted by Crippen LogP contribution is 2.34. The fourth-order valence-corrected chi connectivity index (χ4v) is 3.67. The van der Waals surface area contributed by atoms with Crippen LogP contribution in [0.5, 0.6) is 0 Å². The Hall–Kier alpha value is -2.79. The maximum absolute atomic E-state index is 11.7. The summed E-state index contributed by atoms with van der Waals surface area (Å²) >= 11 is 0. The standard InChI is InChI=1S/C20H19N3O2/c24-20(25)18-9-5-11-23(18)19(17-8-3-4-10-21-17)15-12-14-6-1-2-7-16(14)22-13-15/h1-4,6-8,10,12-13,18-19H,5,9,11H2,(H,24,25). The molecule has 1 saturated heterocycles. The molecule has 5 heteroatoms. The van der Waals surface area contributed by atoms with Crippen molar-refractivity contribution in [3.05, 3.63) is 72.2 Å². The van der Waals surface area contributed by atoms with Crippen LogP contribution in [0.1, 0.15) is 30.1 Å². The van der Waals surface area contributed by atoms with E-state index in [4.69, 9.17) is 0 Å². The van der Waals surface area contributed by atoms with Gasteiger partial charge in [-0.3, -0.25) is 19.7 Å². The van der Waals surface area contributed by atoms with E-state index in [1.165, 1.54) is 0 Å². The molecule has 25 heavy (non-hydrogen) atoms. The third-order valence-electron chi connectivity index (χ3n) is 4.81. The van der Waals surface area contributed by atoms with Crippen molar-refractivity contribution in [2.24, 2.45) is 0 Å². The Morgan fingerprint density at radius 1 is 1.16 bits per heavy atom. The van der Waals surface area contributed by atoms with Crippen molar-refractivity contribution in [1.29, 1.82) is 0 Å². The molecule has 0 aliphatic carbocycles. The van der Waals surface area contributed by atoms with Crippen molar-refractivity contribution in [3.8, 4) is 0 Å². The second-order valence-electron chi connectivity index (χ2n) is 6.35. The summed E-state index contributed by atoms with van der Waals surface area (Å²) < 4.78 is 0. The SMILES string of the molecule is O=C(O)C1CCCN1C(c1cnc2ccccc2c1)c1ccccn1. The minimum absolute atomic E-state index is 0.207. The van der Waals surface area contributed by atoms with Gasteiger partial charge in [0, 0.05) is 24.3 Å². The zero-order valence-corrected chi connectivity index (χ0v) is 13.7. The molecule has 1 N–H and O–H groups in total. The third kappa shape index (κ3) is 2.98. The van der Waals surface area contributed by atoms with Gasteiger partial charge in [0.05, 0.1) is 17.3 Å². The second-order valence-corrected chi connectivity index (χ2v) is 6.35. The number of likely N-dealkylation sites (tertiary alicyclic amines) is 1. The summed E-state index contributed by atoms with van der Waals surface area (Å²) in [7, 11) is 0. The summed E-state index contributed by atoms with van der Waals surface area (Å²) in [4.78, 5) is 22.8. The van der Waals surface area contributed by atoms with Crippen LogP contribution in [0.15, 0.2) is 60.9 Å². The van der Waals surface area contributed by atoms with Gasteiger partial charge in [0.2, 0.25) is 0 Å². The van der Waals surface area contributed by atoms with Crippen molar-refractivity contribution in [3.63, 3.8) is 0 Å². The number of benzene rings is 1. The van der Waals surface area contributed by atoms with Gasteiger partial charge < -0.3 is 5.11 Å². The molecule has 2 unspecified atom stereocenters. The molecule has 3 heterocycles. The number of aliphatic carboxylic acids is 1. The van der Waals surface area contributed by atoms with Crippen molar-refractivity contribution in [2.45, 2.75) is 24.9 Å². The van der Waals surface area contributed by atoms with Gasteiger partial charge in [0.1, 0.15) is 6.04 Å². The lowest BCUT2D eigenvalue weighted by molar-refractivity contribution is -0.142. The molecule has 1 fully saturated rings. The Morgan fingerprint density at radius 3 is 2.80 bits per heavy atom. The average molecular weight is 333 g/mol. The minimum Gasteiger partial charge on any atom is -0.480 e. The van der Waals surface area contributed by atoms with Gasteiger partial charge in [0.25, 0.3) is 0 Å². The van der Waals surface area contributed by atoms with Gasteiger partial charge in [-0.05, 0) is 42.7 Å². The van der Waals surface area contributed by atoms with Crippen LogP contribution in [0.3, 0.4) is 0 Å². The van der Waals surface area contributed by atoms with E-state index in [2.05, 4.69) is 16.0 Å². The number of carboxylic acid groups (broad SMARTS) is 1. The lowest BCUT2D eigenvalue weighted by Crippen LogP contribution is -2.39. The van der Waals surface area contributed by atoms with Gasteiger partial charge >= 0.3 is 5.97 Å². The fraction of sp³-hybridized carbons (Fsp3) is 0.250. The second kappa shape index (κ2) is 6.61. The molecule has 0 amide bonds. The largest absolute Gasteiger partial charge is 0.480 e. The molecule has 0 saturated carbocycles. The molecule has 1 aliphatic heterocycles. The Balaban J connectivity index is 1.83. The first-order valence-corrected chi connectivity index (χ1v) is 8.48. The van der Waals surface area contributed by atoms with Crippen molar-refractivity contribution in [2.75, 3.05) is 6.54 Å². The van der Waals surface area contributed by atoms with Crippen LogP contribution in [0, 0.1) is 0 Å². The highest BCUT2D eigenvalue weighted by molar-refractivity contribution is 5.79. The van der Waals surface area contributed by atoms with Crippen LogP contribution in [0.4, 0.5) is 0 Å². The number of hydrogen-bond donors (Lipinski definition) is 1. The molecule has 1 aromatic carbocycles. The van der Waals surface area contributed by atoms with Crippen LogP contribution in [0.2, 0.25) is 0 Å². The number of rotatable bonds is 4. The van der Waals surface area contributed by atoms with E-state index < -0.39 is 12.0 Å². The number of para-hydroxylation sites is 1. The number of aromatic nitrogens is 2. The third-order valence-corrected chi connectivity index (χ3v) is 4.81. The lowest BCUT2D eigenvalue weighted by Gasteiger charge is -2.31. The average Bonchev–Trinajstić information content (AvgIpc) is 3.12. The molecule has 0 spiro atoms. The number of carboxylic acids is 1. The van der Waals surface area contributed by atoms with Crippen molar-refractivity contribution < 1.29 is 9.90 Å². The van der Waals surface area contributed by atoms with Gasteiger partial charge in [0.15, 0.2) is 0 Å². The van der Waals surface area contributed by atoms with E-state index in [0.29, 0.717) is 6.42 Å². The zero-order chi connectivity index (χ0) is 17.2. The zero-order valence-electron chi connectivity index (χ0n) is 13.7. The van der Waals surface area contributed by atoms with Crippen LogP contribution in [0.25, 0.3) is 10.9 Å². The van der Waals surface area contributed by atoms with Crippen LogP contribution in [-0.4, -0.2) is 38.5 Å². The molecular formula is C20H19N3O2. The summed E-state index contributed by atoms with van der Waals surface area (Å²) in [5, 5.41) is 10.7. The molecule has 5 nitrogen and oxygen atoms in total. The monoisotopic (exact) mass is 333 g/mol. The molecule has 2 atom stereocenters. The molecule has 1 aliphatic rings. The summed E-state index contributed by atoms with van der Waals surface area (Å²) in [5.74, 6) is -0.771. The molecule has 3 aromatic rings. The van der Waals surface area contributed by atoms with E-state index in [1.807, 2.05) is 53.6 Å². The first-order valence-electron chi connectivity index (χ1n) is 8.48. The van der Waals surface area contributed by atoms with Gasteiger partial charge in [-0.2, -0.15) is 0 Å². The highest BCUT2D eigenvalue weighted by atomic mass is 16.4. The van der Waals surface area contributed by atoms with E-state index in [-0.39, 0.29) is 6.04 Å². The summed E-state index contributed by atoms with van der Waals surface area (Å²) in [6.45, 7) is 0.741. The topological polar surface area (TPSA) is 66.3 Å². The van der Waals surface area contributed by atoms with Gasteiger partial charge in [-0.15, -0.1) is 0 Å². The van der Waals surface area contributed by atoms with Gasteiger partial charge in [-0.1, -0.05) is 24.3 Å². The van der Waals surface area contributed by atoms with Crippen molar-refractivity contribution >= 4 is 16.9 Å². The van der Waals surface area contributed by atoms with Crippen molar-refractivity contribution in [1.82, 2.24) is 14.9 Å². The maximum Gasteiger partial charge on any atom is 0.320 e. The molecule has 0 bridgehead atoms. The molecule has 0 radical (unpaired) electrons. The van der Waals surface area contributed by atoms with Crippen LogP contribution in [-0.2, 0) is 4.79 Å². The number of pyridine rings is 2. The number of nitrogens with zero attached hydrogens (tertiary/aromatic N) is 3. The summed E-state index contributed by atoms with van der Waals surface area (Å²) in [5.41, 5.74) is 2.76.